The molecule has 2 spiro atoms. The van der Waals surface area contributed by atoms with Crippen molar-refractivity contribution in [3.05, 3.63) is 53.8 Å². The molecule has 0 radical (unpaired) electrons. The number of ether oxygens (including phenoxy) is 1. The topological polar surface area (TPSA) is 78.7 Å². The molecule has 3 fully saturated rings. The Morgan fingerprint density at radius 2 is 1.94 bits per heavy atom. The van der Waals surface area contributed by atoms with E-state index in [0.29, 0.717) is 6.42 Å². The Bertz CT molecular complexity index is 1330. The first-order chi connectivity index (χ1) is 17.1. The largest absolute Gasteiger partial charge is 0.388 e. The molecule has 1 aromatic carbocycles. The lowest BCUT2D eigenvalue weighted by molar-refractivity contribution is -0.199. The molecule has 2 bridgehead atoms. The highest BCUT2D eigenvalue weighted by atomic mass is 35.5. The second-order valence-corrected chi connectivity index (χ2v) is 12.9. The van der Waals surface area contributed by atoms with Gasteiger partial charge in [0.15, 0.2) is 0 Å². The van der Waals surface area contributed by atoms with Crippen LogP contribution < -0.4 is 0 Å². The van der Waals surface area contributed by atoms with Gasteiger partial charge in [-0.25, -0.2) is 0 Å². The molecule has 1 saturated heterocycles. The average molecular weight is 508 g/mol. The Balaban J connectivity index is 1.30. The van der Waals surface area contributed by atoms with Crippen LogP contribution in [0.15, 0.2) is 48.2 Å². The van der Waals surface area contributed by atoms with Gasteiger partial charge in [0.2, 0.25) is 0 Å². The molecule has 0 amide bonds. The third-order valence-electron chi connectivity index (χ3n) is 10.5. The normalized spacial score (nSPS) is 45.2. The number of nitrogens with zero attached hydrogens (tertiary/aromatic N) is 3. The number of rotatable bonds is 2. The van der Waals surface area contributed by atoms with Gasteiger partial charge in [0.1, 0.15) is 6.10 Å². The van der Waals surface area contributed by atoms with Crippen molar-refractivity contribution in [1.29, 1.82) is 0 Å². The maximum atomic E-state index is 11.2. The molecular formula is C29H34ClN3O3. The third-order valence-corrected chi connectivity index (χ3v) is 11.1. The summed E-state index contributed by atoms with van der Waals surface area (Å²) in [6, 6.07) is 8.34. The highest BCUT2D eigenvalue weighted by Crippen LogP contribution is 2.71. The van der Waals surface area contributed by atoms with Crippen molar-refractivity contribution in [1.82, 2.24) is 15.1 Å². The van der Waals surface area contributed by atoms with E-state index in [-0.39, 0.29) is 17.4 Å². The second kappa shape index (κ2) is 7.39. The molecule has 2 aromatic rings. The van der Waals surface area contributed by atoms with Gasteiger partial charge in [0.05, 0.1) is 33.9 Å². The molecule has 6 nitrogen and oxygen atoms in total. The maximum absolute atomic E-state index is 11.2. The first-order valence-electron chi connectivity index (χ1n) is 13.2. The molecule has 1 aromatic heterocycles. The van der Waals surface area contributed by atoms with Gasteiger partial charge in [-0.15, -0.1) is 11.6 Å². The Labute approximate surface area is 217 Å². The number of halogens is 1. The standard InChI is InChI=1S/C29H34ClN3O3/c1-26-9-11-28(30)15-20-24(34)25(35)22(33(2)3)16-27(20)10-12-29(28,36-27)23(26)7-6-19(26)18-5-4-17-8-13-31-32-21(17)14-18/h4-6,8,13-15,22-25,34-35H,7,9-12,16H2,1-3H3. The second-order valence-electron chi connectivity index (χ2n) is 12.2. The van der Waals surface area contributed by atoms with E-state index in [9.17, 15) is 10.2 Å². The van der Waals surface area contributed by atoms with Crippen LogP contribution in [0.5, 0.6) is 0 Å². The van der Waals surface area contributed by atoms with Crippen molar-refractivity contribution >= 4 is 28.1 Å². The van der Waals surface area contributed by atoms with Crippen molar-refractivity contribution in [2.75, 3.05) is 14.1 Å². The smallest absolute Gasteiger partial charge is 0.105 e. The number of hydrogen-bond acceptors (Lipinski definition) is 6. The molecule has 7 rings (SSSR count). The van der Waals surface area contributed by atoms with Crippen LogP contribution in [0.25, 0.3) is 16.5 Å². The lowest BCUT2D eigenvalue weighted by Gasteiger charge is -2.61. The van der Waals surface area contributed by atoms with Crippen LogP contribution in [0.3, 0.4) is 0 Å². The fourth-order valence-corrected chi connectivity index (χ4v) is 9.06. The highest BCUT2D eigenvalue weighted by molar-refractivity contribution is 6.26. The Kier molecular flexibility index (Phi) is 4.78. The minimum atomic E-state index is -0.956. The molecule has 3 heterocycles. The number of fused-ring (bicyclic) bond motifs is 2. The summed E-state index contributed by atoms with van der Waals surface area (Å²) in [6.45, 7) is 2.39. The lowest BCUT2D eigenvalue weighted by atomic mass is 9.54. The van der Waals surface area contributed by atoms with Crippen molar-refractivity contribution in [2.45, 2.75) is 79.8 Å². The Hall–Kier alpha value is -1.83. The van der Waals surface area contributed by atoms with Gasteiger partial charge in [0.25, 0.3) is 0 Å². The van der Waals surface area contributed by atoms with Gasteiger partial charge >= 0.3 is 0 Å². The fourth-order valence-electron chi connectivity index (χ4n) is 8.58. The zero-order valence-electron chi connectivity index (χ0n) is 21.1. The van der Waals surface area contributed by atoms with Crippen LogP contribution in [-0.2, 0) is 4.74 Å². The Morgan fingerprint density at radius 1 is 1.11 bits per heavy atom. The number of allylic oxidation sites excluding steroid dienone is 2. The van der Waals surface area contributed by atoms with E-state index in [4.69, 9.17) is 16.3 Å². The molecular weight excluding hydrogens is 474 g/mol. The van der Waals surface area contributed by atoms with Crippen LogP contribution in [-0.4, -0.2) is 73.7 Å². The molecule has 190 valence electrons. The molecule has 8 atom stereocenters. The third kappa shape index (κ3) is 2.77. The van der Waals surface area contributed by atoms with Crippen molar-refractivity contribution in [3.8, 4) is 0 Å². The number of aliphatic hydroxyl groups is 2. The van der Waals surface area contributed by atoms with Gasteiger partial charge in [-0.1, -0.05) is 31.2 Å². The summed E-state index contributed by atoms with van der Waals surface area (Å²) in [7, 11) is 3.92. The zero-order chi connectivity index (χ0) is 25.1. The number of aromatic nitrogens is 2. The highest BCUT2D eigenvalue weighted by Gasteiger charge is 2.73. The van der Waals surface area contributed by atoms with Crippen LogP contribution >= 0.6 is 11.6 Å². The summed E-state index contributed by atoms with van der Waals surface area (Å²) in [5, 5.41) is 31.7. The van der Waals surface area contributed by atoms with E-state index >= 15 is 0 Å². The number of alkyl halides is 1. The molecule has 2 saturated carbocycles. The molecule has 3 aliphatic carbocycles. The Morgan fingerprint density at radius 3 is 2.75 bits per heavy atom. The van der Waals surface area contributed by atoms with Crippen LogP contribution in [0.2, 0.25) is 0 Å². The first kappa shape index (κ1) is 23.3. The lowest BCUT2D eigenvalue weighted by Crippen LogP contribution is -2.68. The molecule has 2 N–H and O–H groups in total. The van der Waals surface area contributed by atoms with E-state index in [0.717, 1.165) is 48.6 Å². The molecule has 7 heteroatoms. The zero-order valence-corrected chi connectivity index (χ0v) is 21.9. The minimum Gasteiger partial charge on any atom is -0.388 e. The van der Waals surface area contributed by atoms with Crippen LogP contribution in [0.1, 0.15) is 51.0 Å². The quantitative estimate of drug-likeness (QED) is 0.471. The van der Waals surface area contributed by atoms with Crippen LogP contribution in [0.4, 0.5) is 0 Å². The predicted octanol–water partition coefficient (Wildman–Crippen LogP) is 4.09. The number of aliphatic hydroxyl groups excluding tert-OH is 2. The molecule has 8 unspecified atom stereocenters. The molecule has 2 aliphatic heterocycles. The van der Waals surface area contributed by atoms with E-state index in [1.807, 2.05) is 25.1 Å². The maximum Gasteiger partial charge on any atom is 0.105 e. The number of likely N-dealkylation sites (N-methyl/N-ethyl adjacent to an activating group) is 1. The van der Waals surface area contributed by atoms with E-state index in [1.165, 1.54) is 11.1 Å². The summed E-state index contributed by atoms with van der Waals surface area (Å²) in [6.07, 6.45) is 9.43. The van der Waals surface area contributed by atoms with E-state index < -0.39 is 28.3 Å². The molecule has 36 heavy (non-hydrogen) atoms. The first-order valence-corrected chi connectivity index (χ1v) is 13.6. The number of hydrogen-bond donors (Lipinski definition) is 2. The van der Waals surface area contributed by atoms with Gasteiger partial charge in [-0.05, 0) is 86.9 Å². The van der Waals surface area contributed by atoms with Crippen LogP contribution in [0, 0.1) is 11.3 Å². The van der Waals surface area contributed by atoms with Crippen molar-refractivity contribution < 1.29 is 14.9 Å². The molecule has 5 aliphatic rings. The number of benzene rings is 1. The van der Waals surface area contributed by atoms with Crippen molar-refractivity contribution in [2.24, 2.45) is 11.3 Å². The SMILES string of the molecule is CN(C)C1CC23CCC4(O2)C2CC=C(c5ccc6ccnnc6c5)C2(C)CCC4(Cl)C=C3C(O)C1O. The summed E-state index contributed by atoms with van der Waals surface area (Å²) >= 11 is 7.54. The van der Waals surface area contributed by atoms with Gasteiger partial charge in [-0.3, -0.25) is 0 Å². The minimum absolute atomic E-state index is 0.0705. The van der Waals surface area contributed by atoms with E-state index in [1.54, 1.807) is 6.20 Å². The van der Waals surface area contributed by atoms with Crippen molar-refractivity contribution in [3.63, 3.8) is 0 Å². The van der Waals surface area contributed by atoms with Gasteiger partial charge < -0.3 is 19.8 Å². The fraction of sp³-hybridized carbons (Fsp3) is 0.586. The van der Waals surface area contributed by atoms with E-state index in [2.05, 4.69) is 47.5 Å². The summed E-state index contributed by atoms with van der Waals surface area (Å²) in [4.78, 5) is 1.33. The average Bonchev–Trinajstić information content (AvgIpc) is 3.39. The summed E-state index contributed by atoms with van der Waals surface area (Å²) < 4.78 is 7.26. The van der Waals surface area contributed by atoms with Gasteiger partial charge in [-0.2, -0.15) is 10.2 Å². The summed E-state index contributed by atoms with van der Waals surface area (Å²) in [5.41, 5.74) is 3.14. The van der Waals surface area contributed by atoms with Gasteiger partial charge in [0, 0.05) is 17.3 Å². The monoisotopic (exact) mass is 507 g/mol. The predicted molar refractivity (Wildman–Crippen MR) is 140 cm³/mol. The summed E-state index contributed by atoms with van der Waals surface area (Å²) in [5.74, 6) is 0.239.